The zero-order valence-corrected chi connectivity index (χ0v) is 79.4. The van der Waals surface area contributed by atoms with E-state index in [0.717, 1.165) is 0 Å². The summed E-state index contributed by atoms with van der Waals surface area (Å²) in [6, 6.07) is 97.9. The van der Waals surface area contributed by atoms with Gasteiger partial charge in [0.2, 0.25) is 0 Å². The lowest BCUT2D eigenvalue weighted by Crippen LogP contribution is -2.39. The second kappa shape index (κ2) is 36.7. The minimum atomic E-state index is -6.21. The lowest BCUT2D eigenvalue weighted by molar-refractivity contribution is 1.12. The van der Waals surface area contributed by atoms with Crippen LogP contribution < -0.4 is 56.0 Å². The number of nitrogens with one attached hydrogen (secondary N) is 24. The van der Waals surface area contributed by atoms with Gasteiger partial charge in [-0.3, -0.25) is 0 Å². The summed E-state index contributed by atoms with van der Waals surface area (Å²) < 4.78 is 60.1. The standard InChI is InChI=1S/C96H96N40P5/c1-25-73(97-49-1)125(74-26-2-50-98-74)138(126(75-27-3-51-99-75)76-28-4-52-100-76,127(77-29-5-53-101-77)78-30-6-54-102-78)121-137(122-139(128(79-31-7-55-103-79)80-32-8-56-104-80,129(81-33-9-57-105-81)82-34-10-58-106-82)130(83-35-11-59-107-83)84-36-12-60-108-84,123-140(131(85-37-13-61-109-85)86-38-14-62-110-86,132(87-39-15-63-111-87)88-40-16-64-112-88)133(89-41-17-65-113-89)90-42-18-66-114-90)124-141(134(91-43-19-67-115-91)92-44-20-68-116-92,135(93-45-21-69-117-93)94-46-22-70-118-94)136(95-47-23-71-119-95)96-48-24-72-120-96/h1-72,97-120H/q+1. The van der Waals surface area contributed by atoms with Crippen molar-refractivity contribution in [2.24, 2.45) is 18.1 Å². The molecule has 0 saturated carbocycles. The topological polar surface area (TPSA) is 467 Å². The fourth-order valence-corrected chi connectivity index (χ4v) is 42.0. The molecule has 24 aromatic heterocycles. The molecule has 40 nitrogen and oxygen atoms in total. The van der Waals surface area contributed by atoms with E-state index in [4.69, 9.17) is 18.1 Å². The SMILES string of the molecule is c1c[nH]c(N(c2ccc[nH]2)P(=N[P+](N=P(N(c2ccc[nH]2)c2ccc[nH]2)(N(c2ccc[nH]2)c2ccc[nH]2)N(c2ccc[nH]2)c2ccc[nH]2)(N=P(N(c2ccc[nH]2)c2ccc[nH]2)(N(c2ccc[nH]2)c2ccc[nH]2)N(c2ccc[nH]2)c2ccc[nH]2)N=P(N(c2ccc[nH]2)c2ccc[nH]2)(N(c2ccc[nH]2)c2ccc[nH]2)N(c2ccc[nH]2)c2ccc[nH]2)(N(c2ccc[nH]2)c2ccc[nH]2)N(c2ccc[nH]2)c2ccc[nH]2)c1. The fourth-order valence-electron chi connectivity index (χ4n) is 18.2. The molecule has 0 aliphatic carbocycles. The van der Waals surface area contributed by atoms with Crippen molar-refractivity contribution >= 4 is 178 Å². The van der Waals surface area contributed by atoms with E-state index in [0.29, 0.717) is 140 Å². The molecule has 0 fully saturated rings. The molecule has 0 aliphatic rings. The minimum Gasteiger partial charge on any atom is -0.348 e. The summed E-state index contributed by atoms with van der Waals surface area (Å²) >= 11 is 0. The van der Waals surface area contributed by atoms with Crippen LogP contribution >= 0.6 is 37.9 Å². The zero-order chi connectivity index (χ0) is 94.0. The number of H-pyrrole nitrogens is 24. The lowest BCUT2D eigenvalue weighted by atomic mass is 10.5. The number of anilines is 24. The normalized spacial score (nSPS) is 12.0. The first-order valence-electron chi connectivity index (χ1n) is 45.2. The van der Waals surface area contributed by atoms with Gasteiger partial charge in [0.1, 0.15) is 140 Å². The summed E-state index contributed by atoms with van der Waals surface area (Å²) in [5.41, 5.74) is 0. The molecule has 0 spiro atoms. The average molecular weight is 1960 g/mol. The van der Waals surface area contributed by atoms with Crippen molar-refractivity contribution in [3.05, 3.63) is 440 Å². The van der Waals surface area contributed by atoms with E-state index >= 15 is 0 Å². The van der Waals surface area contributed by atoms with E-state index in [1.54, 1.807) is 0 Å². The van der Waals surface area contributed by atoms with Crippen molar-refractivity contribution in [3.63, 3.8) is 0 Å². The summed E-state index contributed by atoms with van der Waals surface area (Å²) in [5.74, 6) is 12.6. The first-order chi connectivity index (χ1) is 69.9. The van der Waals surface area contributed by atoms with Gasteiger partial charge in [0.05, 0.1) is 0 Å². The molecule has 0 radical (unpaired) electrons. The molecule has 24 rings (SSSR count). The smallest absolute Gasteiger partial charge is 0.348 e. The van der Waals surface area contributed by atoms with E-state index in [-0.39, 0.29) is 0 Å². The summed E-state index contributed by atoms with van der Waals surface area (Å²) in [6.07, 6.45) is 46.5. The first-order valence-corrected chi connectivity index (χ1v) is 53.2. The second-order valence-electron chi connectivity index (χ2n) is 32.1. The third kappa shape index (κ3) is 14.9. The molecule has 0 amide bonds. The van der Waals surface area contributed by atoms with Gasteiger partial charge in [0, 0.05) is 149 Å². The molecular weight excluding hydrogens is 1870 g/mol. The average Bonchev–Trinajstić information content (AvgIpc) is 1.66. The van der Waals surface area contributed by atoms with Gasteiger partial charge >= 0.3 is 37.9 Å². The Bertz CT molecular complexity index is 5890. The highest BCUT2D eigenvalue weighted by Crippen LogP contribution is 2.92. The van der Waals surface area contributed by atoms with E-state index < -0.39 is 37.9 Å². The van der Waals surface area contributed by atoms with Crippen molar-refractivity contribution < 1.29 is 0 Å². The number of hydrogen-bond donors (Lipinski definition) is 24. The Kier molecular flexibility index (Phi) is 22.3. The van der Waals surface area contributed by atoms with Crippen LogP contribution in [0.2, 0.25) is 0 Å². The molecule has 704 valence electrons. The largest absolute Gasteiger partial charge is 0.509 e. The quantitative estimate of drug-likeness (QED) is 0.0159. The molecule has 141 heavy (non-hydrogen) atoms. The predicted octanol–water partition coefficient (Wildman–Crippen LogP) is 28.4. The molecule has 0 bridgehead atoms. The minimum absolute atomic E-state index is 0.525. The van der Waals surface area contributed by atoms with Crippen LogP contribution in [0.5, 0.6) is 0 Å². The monoisotopic (exact) mass is 1960 g/mol. The lowest BCUT2D eigenvalue weighted by Gasteiger charge is -2.50. The summed E-state index contributed by atoms with van der Waals surface area (Å²) in [7, 11) is -27.2. The maximum atomic E-state index is 8.18. The number of nitrogens with zero attached hydrogens (tertiary/aromatic N) is 16. The third-order valence-corrected chi connectivity index (χ3v) is 42.9. The van der Waals surface area contributed by atoms with E-state index in [1.165, 1.54) is 0 Å². The number of aromatic nitrogens is 24. The van der Waals surface area contributed by atoms with Gasteiger partial charge in [-0.05, 0) is 309 Å². The van der Waals surface area contributed by atoms with E-state index in [2.05, 4.69) is 321 Å². The Labute approximate surface area is 806 Å². The molecule has 0 aliphatic heterocycles. The molecule has 24 aromatic rings. The van der Waals surface area contributed by atoms with Gasteiger partial charge < -0.3 is 120 Å². The van der Waals surface area contributed by atoms with Crippen molar-refractivity contribution in [1.82, 2.24) is 120 Å². The van der Waals surface area contributed by atoms with Gasteiger partial charge in [-0.2, -0.15) is 0 Å². The first kappa shape index (κ1) is 85.6. The van der Waals surface area contributed by atoms with Crippen molar-refractivity contribution in [2.75, 3.05) is 56.0 Å². The Morgan fingerprint density at radius 2 is 0.177 bits per heavy atom. The second-order valence-corrected chi connectivity index (χ2v) is 45.1. The Hall–Kier alpha value is -18.3. The van der Waals surface area contributed by atoms with Gasteiger partial charge in [-0.15, -0.1) is 0 Å². The maximum absolute atomic E-state index is 8.18. The van der Waals surface area contributed by atoms with Gasteiger partial charge in [-0.1, -0.05) is 0 Å². The third-order valence-electron chi connectivity index (χ3n) is 23.6. The molecule has 0 unspecified atom stereocenters. The van der Waals surface area contributed by atoms with Crippen LogP contribution in [0.3, 0.4) is 0 Å². The number of rotatable bonds is 40. The van der Waals surface area contributed by atoms with E-state index in [1.807, 2.05) is 294 Å². The van der Waals surface area contributed by atoms with Crippen LogP contribution in [0.4, 0.5) is 140 Å². The Morgan fingerprint density at radius 3 is 0.227 bits per heavy atom. The predicted molar refractivity (Wildman–Crippen MR) is 569 cm³/mol. The molecule has 24 heterocycles. The number of hydrogen-bond acceptors (Lipinski definition) is 4. The summed E-state index contributed by atoms with van der Waals surface area (Å²) in [6.45, 7) is 0. The van der Waals surface area contributed by atoms with Crippen molar-refractivity contribution in [2.45, 2.75) is 0 Å². The van der Waals surface area contributed by atoms with E-state index in [9.17, 15) is 0 Å². The van der Waals surface area contributed by atoms with Crippen LogP contribution in [0, 0.1) is 0 Å². The molecular formula is C96H96N40P5+. The molecule has 0 saturated heterocycles. The molecule has 0 atom stereocenters. The molecule has 0 aromatic carbocycles. The van der Waals surface area contributed by atoms with Crippen molar-refractivity contribution in [3.8, 4) is 0 Å². The molecule has 24 N–H and O–H groups in total. The van der Waals surface area contributed by atoms with Crippen LogP contribution in [0.25, 0.3) is 0 Å². The zero-order valence-electron chi connectivity index (χ0n) is 75.0. The summed E-state index contributed by atoms with van der Waals surface area (Å²) in [4.78, 5) is 94.1. The summed E-state index contributed by atoms with van der Waals surface area (Å²) in [5, 5.41) is 0. The Morgan fingerprint density at radius 1 is 0.113 bits per heavy atom. The fraction of sp³-hybridized carbons (Fsp3) is 0. The van der Waals surface area contributed by atoms with Crippen LogP contribution in [0.15, 0.2) is 458 Å². The van der Waals surface area contributed by atoms with Gasteiger partial charge in [0.15, 0.2) is 0 Å². The Balaban J connectivity index is 1.15. The highest BCUT2D eigenvalue weighted by atomic mass is 31.3. The van der Waals surface area contributed by atoms with Gasteiger partial charge in [-0.25, -0.2) is 56.0 Å². The van der Waals surface area contributed by atoms with Crippen LogP contribution in [-0.4, -0.2) is 120 Å². The van der Waals surface area contributed by atoms with Crippen LogP contribution in [0.1, 0.15) is 0 Å². The van der Waals surface area contributed by atoms with Crippen molar-refractivity contribution in [1.29, 1.82) is 0 Å². The molecule has 45 heteroatoms. The highest BCUT2D eigenvalue weighted by molar-refractivity contribution is 7.93. The van der Waals surface area contributed by atoms with Gasteiger partial charge in [0.25, 0.3) is 0 Å². The maximum Gasteiger partial charge on any atom is 0.509 e. The number of aromatic amines is 24. The highest BCUT2D eigenvalue weighted by Gasteiger charge is 2.67. The van der Waals surface area contributed by atoms with Crippen LogP contribution in [-0.2, 0) is 0 Å².